The molecule has 0 rings (SSSR count). The SMILES string of the molecule is CC/C=C\C/C=C\C/C=C\CCCCCC(=O)OC(COC(=O)CCCCCCC/C=C\C/C=C\CCC)COP(=O)(O)OCC(CO)OC(=O)CCCCCCCCCCCCC. The van der Waals surface area contributed by atoms with Crippen LogP contribution in [0.2, 0.25) is 0 Å². The monoisotopic (exact) mass is 923 g/mol. The number of aliphatic hydroxyl groups excluding tert-OH is 1. The minimum atomic E-state index is -4.75. The zero-order valence-corrected chi connectivity index (χ0v) is 41.4. The van der Waals surface area contributed by atoms with Gasteiger partial charge in [-0.1, -0.05) is 178 Å². The van der Waals surface area contributed by atoms with E-state index in [1.807, 2.05) is 0 Å². The van der Waals surface area contributed by atoms with Crippen LogP contribution in [0.15, 0.2) is 60.8 Å². The molecule has 0 aromatic heterocycles. The molecule has 0 fully saturated rings. The Bertz CT molecular complexity index is 1310. The molecule has 2 N–H and O–H groups in total. The van der Waals surface area contributed by atoms with E-state index in [-0.39, 0.29) is 25.9 Å². The maximum Gasteiger partial charge on any atom is 0.472 e. The van der Waals surface area contributed by atoms with Gasteiger partial charge in [-0.2, -0.15) is 0 Å². The number of carbonyl (C=O) groups excluding carboxylic acids is 3. The average Bonchev–Trinajstić information content (AvgIpc) is 3.28. The maximum atomic E-state index is 12.8. The summed E-state index contributed by atoms with van der Waals surface area (Å²) in [6.07, 6.45) is 47.7. The van der Waals surface area contributed by atoms with Crippen LogP contribution in [0.4, 0.5) is 0 Å². The van der Waals surface area contributed by atoms with Crippen LogP contribution < -0.4 is 0 Å². The Hall–Kier alpha value is -2.82. The lowest BCUT2D eigenvalue weighted by Gasteiger charge is -2.21. The molecular weight excluding hydrogens is 832 g/mol. The van der Waals surface area contributed by atoms with Crippen LogP contribution in [-0.2, 0) is 42.2 Å². The number of phosphoric acid groups is 1. The van der Waals surface area contributed by atoms with Crippen LogP contribution in [0.3, 0.4) is 0 Å². The van der Waals surface area contributed by atoms with Crippen LogP contribution in [0, 0.1) is 0 Å². The van der Waals surface area contributed by atoms with Crippen LogP contribution in [-0.4, -0.2) is 66.5 Å². The highest BCUT2D eigenvalue weighted by molar-refractivity contribution is 7.47. The van der Waals surface area contributed by atoms with Gasteiger partial charge in [0.15, 0.2) is 6.10 Å². The summed E-state index contributed by atoms with van der Waals surface area (Å²) in [6, 6.07) is 0. The first-order valence-electron chi connectivity index (χ1n) is 25.2. The molecule has 0 spiro atoms. The number of unbranched alkanes of at least 4 members (excludes halogenated alkanes) is 19. The minimum Gasteiger partial charge on any atom is -0.462 e. The second-order valence-electron chi connectivity index (χ2n) is 16.6. The molecule has 3 unspecified atom stereocenters. The van der Waals surface area contributed by atoms with Crippen LogP contribution in [0.5, 0.6) is 0 Å². The molecule has 0 aromatic carbocycles. The Kier molecular flexibility index (Phi) is 44.6. The summed E-state index contributed by atoms with van der Waals surface area (Å²) in [4.78, 5) is 48.2. The summed E-state index contributed by atoms with van der Waals surface area (Å²) < 4.78 is 39.2. The predicted molar refractivity (Wildman–Crippen MR) is 261 cm³/mol. The van der Waals surface area contributed by atoms with Gasteiger partial charge < -0.3 is 24.2 Å². The molecule has 11 nitrogen and oxygen atoms in total. The van der Waals surface area contributed by atoms with Gasteiger partial charge in [-0.05, 0) is 77.0 Å². The zero-order valence-electron chi connectivity index (χ0n) is 40.5. The summed E-state index contributed by atoms with van der Waals surface area (Å²) in [7, 11) is -4.75. The van der Waals surface area contributed by atoms with Gasteiger partial charge in [0, 0.05) is 19.3 Å². The van der Waals surface area contributed by atoms with E-state index in [1.165, 1.54) is 51.4 Å². The Morgan fingerprint density at radius 2 is 0.844 bits per heavy atom. The van der Waals surface area contributed by atoms with Crippen molar-refractivity contribution in [3.8, 4) is 0 Å². The van der Waals surface area contributed by atoms with Gasteiger partial charge in [0.25, 0.3) is 0 Å². The molecule has 3 atom stereocenters. The summed E-state index contributed by atoms with van der Waals surface area (Å²) >= 11 is 0. The summed E-state index contributed by atoms with van der Waals surface area (Å²) in [6.45, 7) is 4.39. The van der Waals surface area contributed by atoms with Crippen molar-refractivity contribution >= 4 is 25.7 Å². The number of phosphoric ester groups is 1. The minimum absolute atomic E-state index is 0.129. The van der Waals surface area contributed by atoms with Crippen molar-refractivity contribution in [2.45, 2.75) is 226 Å². The van der Waals surface area contributed by atoms with Gasteiger partial charge >= 0.3 is 25.7 Å². The molecule has 0 heterocycles. The van der Waals surface area contributed by atoms with Crippen molar-refractivity contribution in [2.24, 2.45) is 0 Å². The van der Waals surface area contributed by atoms with E-state index in [0.717, 1.165) is 103 Å². The molecule has 0 aliphatic carbocycles. The van der Waals surface area contributed by atoms with Gasteiger partial charge in [0.1, 0.15) is 12.7 Å². The van der Waals surface area contributed by atoms with Crippen molar-refractivity contribution in [1.29, 1.82) is 0 Å². The highest BCUT2D eigenvalue weighted by Crippen LogP contribution is 2.43. The highest BCUT2D eigenvalue weighted by atomic mass is 31.2. The van der Waals surface area contributed by atoms with Crippen LogP contribution in [0.25, 0.3) is 0 Å². The van der Waals surface area contributed by atoms with E-state index in [2.05, 4.69) is 81.5 Å². The van der Waals surface area contributed by atoms with Crippen LogP contribution >= 0.6 is 7.82 Å². The number of aliphatic hydroxyl groups is 1. The molecule has 12 heteroatoms. The molecule has 0 bridgehead atoms. The van der Waals surface area contributed by atoms with Gasteiger partial charge in [-0.25, -0.2) is 4.57 Å². The number of carbonyl (C=O) groups is 3. The number of allylic oxidation sites excluding steroid dienone is 10. The molecule has 64 heavy (non-hydrogen) atoms. The predicted octanol–water partition coefficient (Wildman–Crippen LogP) is 14.0. The lowest BCUT2D eigenvalue weighted by atomic mass is 10.1. The molecule has 0 saturated carbocycles. The van der Waals surface area contributed by atoms with E-state index < -0.39 is 57.8 Å². The largest absolute Gasteiger partial charge is 0.472 e. The van der Waals surface area contributed by atoms with E-state index in [1.54, 1.807) is 0 Å². The van der Waals surface area contributed by atoms with Crippen molar-refractivity contribution in [1.82, 2.24) is 0 Å². The van der Waals surface area contributed by atoms with Crippen molar-refractivity contribution in [3.05, 3.63) is 60.8 Å². The normalized spacial score (nSPS) is 14.0. The topological polar surface area (TPSA) is 155 Å². The fourth-order valence-electron chi connectivity index (χ4n) is 6.58. The van der Waals surface area contributed by atoms with Crippen molar-refractivity contribution in [2.75, 3.05) is 26.4 Å². The smallest absolute Gasteiger partial charge is 0.462 e. The first-order valence-corrected chi connectivity index (χ1v) is 26.7. The lowest BCUT2D eigenvalue weighted by Crippen LogP contribution is -2.30. The summed E-state index contributed by atoms with van der Waals surface area (Å²) in [5.74, 6) is -1.52. The Labute approximate surface area is 389 Å². The first-order chi connectivity index (χ1) is 31.2. The zero-order chi connectivity index (χ0) is 47.0. The standard InChI is InChI=1S/C52H91O11P/c1-4-7-10-13-16-19-22-24-27-29-32-35-38-41-50(54)59-45-49(63-52(56)43-40-37-34-31-28-25-23-20-17-14-11-8-5-2)47-61-64(57,58)60-46-48(44-53)62-51(55)42-39-36-33-30-26-21-18-15-12-9-6-3/h8,10-11,13,17,19-20,22,25,28,48-49,53H,4-7,9,12,14-16,18,21,23-24,26-27,29-47H2,1-3H3,(H,57,58)/b11-8-,13-10-,20-17-,22-19-,28-25-. The number of hydrogen-bond donors (Lipinski definition) is 2. The highest BCUT2D eigenvalue weighted by Gasteiger charge is 2.28. The van der Waals surface area contributed by atoms with E-state index in [0.29, 0.717) is 19.3 Å². The third-order valence-corrected chi connectivity index (χ3v) is 11.4. The summed E-state index contributed by atoms with van der Waals surface area (Å²) in [5.41, 5.74) is 0. The van der Waals surface area contributed by atoms with E-state index in [9.17, 15) is 28.9 Å². The maximum absolute atomic E-state index is 12.8. The van der Waals surface area contributed by atoms with Gasteiger partial charge in [0.2, 0.25) is 0 Å². The Morgan fingerprint density at radius 1 is 0.453 bits per heavy atom. The fourth-order valence-corrected chi connectivity index (χ4v) is 7.37. The molecular formula is C52H91O11P. The van der Waals surface area contributed by atoms with Crippen molar-refractivity contribution in [3.63, 3.8) is 0 Å². The second-order valence-corrected chi connectivity index (χ2v) is 18.1. The number of rotatable bonds is 46. The fraction of sp³-hybridized carbons (Fsp3) is 0.750. The van der Waals surface area contributed by atoms with Gasteiger partial charge in [-0.3, -0.25) is 23.4 Å². The van der Waals surface area contributed by atoms with Gasteiger partial charge in [-0.15, -0.1) is 0 Å². The van der Waals surface area contributed by atoms with E-state index >= 15 is 0 Å². The first kappa shape index (κ1) is 61.2. The van der Waals surface area contributed by atoms with Crippen molar-refractivity contribution < 1.29 is 52.2 Å². The number of hydrogen-bond acceptors (Lipinski definition) is 10. The summed E-state index contributed by atoms with van der Waals surface area (Å²) in [5, 5.41) is 9.75. The van der Waals surface area contributed by atoms with Gasteiger partial charge in [0.05, 0.1) is 19.8 Å². The molecule has 0 aliphatic rings. The number of ether oxygens (including phenoxy) is 3. The Balaban J connectivity index is 4.80. The molecule has 0 radical (unpaired) electrons. The molecule has 0 aromatic rings. The van der Waals surface area contributed by atoms with E-state index in [4.69, 9.17) is 23.3 Å². The molecule has 0 aliphatic heterocycles. The molecule has 370 valence electrons. The third kappa shape index (κ3) is 44.4. The molecule has 0 amide bonds. The number of esters is 3. The lowest BCUT2D eigenvalue weighted by molar-refractivity contribution is -0.161. The Morgan fingerprint density at radius 3 is 1.33 bits per heavy atom. The average molecular weight is 923 g/mol. The quantitative estimate of drug-likeness (QED) is 0.0197. The molecule has 0 saturated heterocycles. The third-order valence-electron chi connectivity index (χ3n) is 10.4. The van der Waals surface area contributed by atoms with Crippen LogP contribution in [0.1, 0.15) is 213 Å². The second kappa shape index (κ2) is 46.7.